The second-order valence-corrected chi connectivity index (χ2v) is 8.39. The van der Waals surface area contributed by atoms with Crippen LogP contribution in [0.25, 0.3) is 0 Å². The molecule has 0 radical (unpaired) electrons. The van der Waals surface area contributed by atoms with Gasteiger partial charge in [-0.1, -0.05) is 6.92 Å². The molecule has 2 rings (SSSR count). The fraction of sp³-hybridized carbons (Fsp3) is 0.692. The van der Waals surface area contributed by atoms with Gasteiger partial charge in [0, 0.05) is 25.0 Å². The van der Waals surface area contributed by atoms with E-state index < -0.39 is 10.0 Å². The minimum Gasteiger partial charge on any atom is -0.302 e. The van der Waals surface area contributed by atoms with Crippen LogP contribution in [-0.2, 0) is 16.4 Å². The summed E-state index contributed by atoms with van der Waals surface area (Å²) in [6.45, 7) is 5.66. The van der Waals surface area contributed by atoms with E-state index >= 15 is 0 Å². The Labute approximate surface area is 120 Å². The molecule has 0 aliphatic carbocycles. The predicted octanol–water partition coefficient (Wildman–Crippen LogP) is 2.03. The molecule has 2 heterocycles. The van der Waals surface area contributed by atoms with E-state index in [1.807, 2.05) is 13.0 Å². The second kappa shape index (κ2) is 6.35. The van der Waals surface area contributed by atoms with Gasteiger partial charge in [0.2, 0.25) is 0 Å². The first kappa shape index (κ1) is 15.0. The third-order valence-corrected chi connectivity index (χ3v) is 7.13. The Morgan fingerprint density at radius 1 is 1.32 bits per heavy atom. The Balaban J connectivity index is 1.97. The molecule has 0 spiro atoms. The van der Waals surface area contributed by atoms with E-state index in [4.69, 9.17) is 0 Å². The summed E-state index contributed by atoms with van der Waals surface area (Å²) in [5.41, 5.74) is 0. The number of aryl methyl sites for hydroxylation is 1. The van der Waals surface area contributed by atoms with E-state index in [9.17, 15) is 8.42 Å². The van der Waals surface area contributed by atoms with Crippen molar-refractivity contribution in [3.8, 4) is 0 Å². The van der Waals surface area contributed by atoms with Crippen molar-refractivity contribution in [3.05, 3.63) is 17.0 Å². The van der Waals surface area contributed by atoms with Gasteiger partial charge in [0.1, 0.15) is 4.21 Å². The molecular weight excluding hydrogens is 280 g/mol. The summed E-state index contributed by atoms with van der Waals surface area (Å²) in [6, 6.07) is 3.64. The van der Waals surface area contributed by atoms with Crippen LogP contribution in [0.2, 0.25) is 0 Å². The average Bonchev–Trinajstić information content (AvgIpc) is 3.06. The van der Waals surface area contributed by atoms with Crippen molar-refractivity contribution in [1.82, 2.24) is 9.21 Å². The van der Waals surface area contributed by atoms with Crippen LogP contribution in [0, 0.1) is 0 Å². The van der Waals surface area contributed by atoms with Gasteiger partial charge < -0.3 is 4.90 Å². The molecule has 0 unspecified atom stereocenters. The molecule has 1 fully saturated rings. The summed E-state index contributed by atoms with van der Waals surface area (Å²) in [5, 5.41) is 0. The number of sulfonamides is 1. The number of likely N-dealkylation sites (N-methyl/N-ethyl adjacent to an activating group) is 1. The fourth-order valence-corrected chi connectivity index (χ4v) is 4.92. The summed E-state index contributed by atoms with van der Waals surface area (Å²) in [4.78, 5) is 3.45. The molecule has 0 aromatic carbocycles. The maximum absolute atomic E-state index is 12.4. The number of likely N-dealkylation sites (tertiary alicyclic amines) is 1. The number of hydrogen-bond donors (Lipinski definition) is 0. The molecule has 0 N–H and O–H groups in total. The Kier molecular flexibility index (Phi) is 5.00. The van der Waals surface area contributed by atoms with E-state index in [-0.39, 0.29) is 0 Å². The Hall–Kier alpha value is -0.430. The van der Waals surface area contributed by atoms with Gasteiger partial charge in [-0.15, -0.1) is 11.3 Å². The molecule has 6 heteroatoms. The lowest BCUT2D eigenvalue weighted by atomic mass is 10.4. The van der Waals surface area contributed by atoms with Crippen molar-refractivity contribution in [2.24, 2.45) is 0 Å². The van der Waals surface area contributed by atoms with Gasteiger partial charge in [0.05, 0.1) is 0 Å². The zero-order valence-corrected chi connectivity index (χ0v) is 13.3. The van der Waals surface area contributed by atoms with Crippen molar-refractivity contribution >= 4 is 21.4 Å². The first-order valence-electron chi connectivity index (χ1n) is 6.81. The maximum atomic E-state index is 12.4. The van der Waals surface area contributed by atoms with Gasteiger partial charge in [-0.05, 0) is 44.5 Å². The van der Waals surface area contributed by atoms with Gasteiger partial charge in [0.25, 0.3) is 10.0 Å². The summed E-state index contributed by atoms with van der Waals surface area (Å²) in [7, 11) is -1.62. The molecular formula is C13H22N2O2S2. The monoisotopic (exact) mass is 302 g/mol. The minimum absolute atomic E-state index is 0.466. The Morgan fingerprint density at radius 2 is 2.00 bits per heavy atom. The molecule has 1 aromatic rings. The fourth-order valence-electron chi connectivity index (χ4n) is 2.25. The van der Waals surface area contributed by atoms with Crippen molar-refractivity contribution < 1.29 is 8.42 Å². The van der Waals surface area contributed by atoms with Crippen molar-refractivity contribution in [2.45, 2.75) is 30.4 Å². The summed E-state index contributed by atoms with van der Waals surface area (Å²) in [6.07, 6.45) is 3.36. The highest BCUT2D eigenvalue weighted by Gasteiger charge is 2.23. The first-order valence-corrected chi connectivity index (χ1v) is 9.07. The number of thiophene rings is 1. The normalized spacial score (nSPS) is 17.4. The highest BCUT2D eigenvalue weighted by Crippen LogP contribution is 2.24. The second-order valence-electron chi connectivity index (χ2n) is 4.95. The van der Waals surface area contributed by atoms with E-state index in [0.29, 0.717) is 10.8 Å². The zero-order chi connectivity index (χ0) is 13.9. The molecule has 0 atom stereocenters. The molecule has 4 nitrogen and oxygen atoms in total. The average molecular weight is 302 g/mol. The lowest BCUT2D eigenvalue weighted by molar-refractivity contribution is 0.310. The van der Waals surface area contributed by atoms with Crippen molar-refractivity contribution in [1.29, 1.82) is 0 Å². The van der Waals surface area contributed by atoms with E-state index in [2.05, 4.69) is 4.90 Å². The van der Waals surface area contributed by atoms with Crippen LogP contribution in [-0.4, -0.2) is 50.8 Å². The van der Waals surface area contributed by atoms with Gasteiger partial charge in [-0.25, -0.2) is 8.42 Å². The van der Waals surface area contributed by atoms with Crippen molar-refractivity contribution in [2.75, 3.05) is 33.2 Å². The van der Waals surface area contributed by atoms with E-state index in [1.165, 1.54) is 28.5 Å². The third-order valence-electron chi connectivity index (χ3n) is 3.58. The molecule has 108 valence electrons. The molecule has 1 saturated heterocycles. The van der Waals surface area contributed by atoms with Gasteiger partial charge in [-0.2, -0.15) is 4.31 Å². The third kappa shape index (κ3) is 3.56. The van der Waals surface area contributed by atoms with Crippen LogP contribution in [0.1, 0.15) is 24.6 Å². The summed E-state index contributed by atoms with van der Waals surface area (Å²) >= 11 is 1.38. The number of rotatable bonds is 6. The SMILES string of the molecule is CCc1ccc(S(=O)(=O)N(C)CCN2CCCC2)s1. The van der Waals surface area contributed by atoms with Gasteiger partial charge in [-0.3, -0.25) is 0 Å². The molecule has 1 aliphatic heterocycles. The topological polar surface area (TPSA) is 40.6 Å². The van der Waals surface area contributed by atoms with E-state index in [0.717, 1.165) is 30.9 Å². The van der Waals surface area contributed by atoms with Crippen LogP contribution < -0.4 is 0 Å². The molecule has 0 amide bonds. The van der Waals surface area contributed by atoms with Crippen LogP contribution >= 0.6 is 11.3 Å². The minimum atomic E-state index is -3.29. The molecule has 0 bridgehead atoms. The predicted molar refractivity (Wildman–Crippen MR) is 79.2 cm³/mol. The Morgan fingerprint density at radius 3 is 2.58 bits per heavy atom. The largest absolute Gasteiger partial charge is 0.302 e. The van der Waals surface area contributed by atoms with Crippen LogP contribution in [0.15, 0.2) is 16.3 Å². The van der Waals surface area contributed by atoms with Gasteiger partial charge >= 0.3 is 0 Å². The summed E-state index contributed by atoms with van der Waals surface area (Å²) in [5.74, 6) is 0. The quantitative estimate of drug-likeness (QED) is 0.807. The standard InChI is InChI=1S/C13H22N2O2S2/c1-3-12-6-7-13(18-12)19(16,17)14(2)10-11-15-8-4-5-9-15/h6-7H,3-5,8-11H2,1-2H3. The smallest absolute Gasteiger partial charge is 0.252 e. The maximum Gasteiger partial charge on any atom is 0.252 e. The molecule has 1 aliphatic rings. The summed E-state index contributed by atoms with van der Waals surface area (Å²) < 4.78 is 26.7. The number of hydrogen-bond acceptors (Lipinski definition) is 4. The van der Waals surface area contributed by atoms with Crippen LogP contribution in [0.5, 0.6) is 0 Å². The molecule has 19 heavy (non-hydrogen) atoms. The highest BCUT2D eigenvalue weighted by atomic mass is 32.2. The lowest BCUT2D eigenvalue weighted by Gasteiger charge is -2.20. The van der Waals surface area contributed by atoms with E-state index in [1.54, 1.807) is 13.1 Å². The van der Waals surface area contributed by atoms with Gasteiger partial charge in [0.15, 0.2) is 0 Å². The van der Waals surface area contributed by atoms with Crippen molar-refractivity contribution in [3.63, 3.8) is 0 Å². The molecule has 0 saturated carbocycles. The lowest BCUT2D eigenvalue weighted by Crippen LogP contribution is -2.34. The zero-order valence-electron chi connectivity index (χ0n) is 11.6. The molecule has 1 aromatic heterocycles. The van der Waals surface area contributed by atoms with Crippen LogP contribution in [0.3, 0.4) is 0 Å². The number of nitrogens with zero attached hydrogens (tertiary/aromatic N) is 2. The first-order chi connectivity index (χ1) is 9.04. The highest BCUT2D eigenvalue weighted by molar-refractivity contribution is 7.91. The Bertz CT molecular complexity index is 504. The van der Waals surface area contributed by atoms with Crippen LogP contribution in [0.4, 0.5) is 0 Å².